The Balaban J connectivity index is 1.74. The van der Waals surface area contributed by atoms with Gasteiger partial charge in [-0.3, -0.25) is 14.8 Å². The van der Waals surface area contributed by atoms with Crippen LogP contribution in [0.3, 0.4) is 0 Å². The van der Waals surface area contributed by atoms with Crippen molar-refractivity contribution in [3.05, 3.63) is 58.5 Å². The first kappa shape index (κ1) is 15.9. The average Bonchev–Trinajstić information content (AvgIpc) is 3.30. The number of rotatable bonds is 3. The minimum Gasteiger partial charge on any atom is -0.273 e. The molecule has 0 fully saturated rings. The topological polar surface area (TPSA) is 58.5 Å². The molecule has 4 rings (SSSR count). The van der Waals surface area contributed by atoms with E-state index >= 15 is 0 Å². The fourth-order valence-corrected chi connectivity index (χ4v) is 3.69. The van der Waals surface area contributed by atoms with Gasteiger partial charge in [0.25, 0.3) is 0 Å². The number of thiophene rings is 1. The maximum atomic E-state index is 12.7. The minimum atomic E-state index is -0.103. The van der Waals surface area contributed by atoms with Crippen molar-refractivity contribution in [2.45, 2.75) is 26.3 Å². The molecule has 0 aliphatic carbocycles. The molecule has 1 atom stereocenters. The van der Waals surface area contributed by atoms with Gasteiger partial charge in [-0.25, -0.2) is 5.01 Å². The van der Waals surface area contributed by atoms with Crippen LogP contribution in [-0.2, 0) is 4.79 Å². The van der Waals surface area contributed by atoms with Gasteiger partial charge < -0.3 is 0 Å². The SMILES string of the molecule is CC(C)C(=O)N1N=C(c2ccsc2)CC1c1ccc2nccnc2c1. The minimum absolute atomic E-state index is 0.0365. The molecule has 0 N–H and O–H groups in total. The van der Waals surface area contributed by atoms with Crippen LogP contribution in [0.1, 0.15) is 37.4 Å². The predicted molar refractivity (Wildman–Crippen MR) is 99.4 cm³/mol. The van der Waals surface area contributed by atoms with E-state index in [1.54, 1.807) is 28.7 Å². The van der Waals surface area contributed by atoms with Gasteiger partial charge in [-0.15, -0.1) is 0 Å². The second-order valence-electron chi connectivity index (χ2n) is 6.42. The lowest BCUT2D eigenvalue weighted by atomic mass is 9.98. The Morgan fingerprint density at radius 2 is 2.00 bits per heavy atom. The van der Waals surface area contributed by atoms with Crippen molar-refractivity contribution in [3.63, 3.8) is 0 Å². The van der Waals surface area contributed by atoms with Crippen molar-refractivity contribution < 1.29 is 4.79 Å². The van der Waals surface area contributed by atoms with Crippen LogP contribution >= 0.6 is 11.3 Å². The highest BCUT2D eigenvalue weighted by atomic mass is 32.1. The van der Waals surface area contributed by atoms with Gasteiger partial charge in [-0.1, -0.05) is 19.9 Å². The molecule has 1 amide bonds. The number of hydrogen-bond acceptors (Lipinski definition) is 5. The summed E-state index contributed by atoms with van der Waals surface area (Å²) in [7, 11) is 0. The van der Waals surface area contributed by atoms with Gasteiger partial charge in [0.15, 0.2) is 0 Å². The van der Waals surface area contributed by atoms with Crippen LogP contribution in [0.25, 0.3) is 11.0 Å². The summed E-state index contributed by atoms with van der Waals surface area (Å²) in [6, 6.07) is 7.94. The number of benzene rings is 1. The summed E-state index contributed by atoms with van der Waals surface area (Å²) in [5.74, 6) is -0.0669. The lowest BCUT2D eigenvalue weighted by molar-refractivity contribution is -0.136. The maximum absolute atomic E-state index is 12.7. The number of carbonyl (C=O) groups is 1. The van der Waals surface area contributed by atoms with Gasteiger partial charge in [-0.2, -0.15) is 16.4 Å². The Labute approximate surface area is 150 Å². The number of carbonyl (C=O) groups excluding carboxylic acids is 1. The van der Waals surface area contributed by atoms with Crippen LogP contribution in [0.4, 0.5) is 0 Å². The Bertz CT molecular complexity index is 949. The van der Waals surface area contributed by atoms with Gasteiger partial charge >= 0.3 is 0 Å². The van der Waals surface area contributed by atoms with Crippen molar-refractivity contribution in [1.29, 1.82) is 0 Å². The van der Waals surface area contributed by atoms with E-state index in [0.717, 1.165) is 27.9 Å². The zero-order valence-electron chi connectivity index (χ0n) is 14.1. The normalized spacial score (nSPS) is 17.3. The number of aromatic nitrogens is 2. The van der Waals surface area contributed by atoms with Crippen molar-refractivity contribution in [2.24, 2.45) is 11.0 Å². The molecule has 0 radical (unpaired) electrons. The second kappa shape index (κ2) is 6.37. The number of hydrogen-bond donors (Lipinski definition) is 0. The quantitative estimate of drug-likeness (QED) is 0.717. The van der Waals surface area contributed by atoms with Gasteiger partial charge in [-0.05, 0) is 34.5 Å². The molecule has 0 saturated heterocycles. The summed E-state index contributed by atoms with van der Waals surface area (Å²) in [5, 5.41) is 10.4. The number of amides is 1. The highest BCUT2D eigenvalue weighted by Gasteiger charge is 2.34. The lowest BCUT2D eigenvalue weighted by Crippen LogP contribution is -2.30. The summed E-state index contributed by atoms with van der Waals surface area (Å²) in [5.41, 5.74) is 4.77. The van der Waals surface area contributed by atoms with E-state index in [1.165, 1.54) is 0 Å². The molecule has 126 valence electrons. The monoisotopic (exact) mass is 350 g/mol. The molecule has 6 heteroatoms. The van der Waals surface area contributed by atoms with Gasteiger partial charge in [0.05, 0.1) is 22.8 Å². The molecular weight excluding hydrogens is 332 g/mol. The van der Waals surface area contributed by atoms with E-state index in [9.17, 15) is 4.79 Å². The van der Waals surface area contributed by atoms with E-state index in [0.29, 0.717) is 6.42 Å². The van der Waals surface area contributed by atoms with E-state index in [2.05, 4.69) is 26.5 Å². The Hall–Kier alpha value is -2.60. The molecular formula is C19H18N4OS. The molecule has 1 aliphatic heterocycles. The molecule has 3 aromatic rings. The standard InChI is InChI=1S/C19H18N4OS/c1-12(2)19(24)23-18(10-16(22-23)14-5-8-25-11-14)13-3-4-15-17(9-13)21-7-6-20-15/h3-9,11-12,18H,10H2,1-2H3. The molecule has 1 aliphatic rings. The molecule has 0 bridgehead atoms. The molecule has 1 unspecified atom stereocenters. The van der Waals surface area contributed by atoms with Crippen molar-refractivity contribution >= 4 is 34.0 Å². The fourth-order valence-electron chi connectivity index (χ4n) is 3.03. The van der Waals surface area contributed by atoms with Gasteiger partial charge in [0.1, 0.15) is 0 Å². The summed E-state index contributed by atoms with van der Waals surface area (Å²) < 4.78 is 0. The van der Waals surface area contributed by atoms with Crippen LogP contribution in [0.15, 0.2) is 52.5 Å². The zero-order chi connectivity index (χ0) is 17.4. The first-order valence-electron chi connectivity index (χ1n) is 8.27. The summed E-state index contributed by atoms with van der Waals surface area (Å²) in [4.78, 5) is 21.4. The number of nitrogens with zero attached hydrogens (tertiary/aromatic N) is 4. The van der Waals surface area contributed by atoms with Crippen LogP contribution < -0.4 is 0 Å². The molecule has 2 aromatic heterocycles. The maximum Gasteiger partial charge on any atom is 0.245 e. The third kappa shape index (κ3) is 2.93. The summed E-state index contributed by atoms with van der Waals surface area (Å²) in [6.45, 7) is 3.81. The Morgan fingerprint density at radius 1 is 1.20 bits per heavy atom. The lowest BCUT2D eigenvalue weighted by Gasteiger charge is -2.23. The molecule has 25 heavy (non-hydrogen) atoms. The van der Waals surface area contributed by atoms with Crippen LogP contribution in [0, 0.1) is 5.92 Å². The smallest absolute Gasteiger partial charge is 0.245 e. The Kier molecular flexibility index (Phi) is 4.05. The number of fused-ring (bicyclic) bond motifs is 1. The van der Waals surface area contributed by atoms with Crippen LogP contribution in [0.5, 0.6) is 0 Å². The largest absolute Gasteiger partial charge is 0.273 e. The van der Waals surface area contributed by atoms with Crippen molar-refractivity contribution in [3.8, 4) is 0 Å². The third-order valence-corrected chi connectivity index (χ3v) is 5.05. The third-order valence-electron chi connectivity index (χ3n) is 4.36. The average molecular weight is 350 g/mol. The Morgan fingerprint density at radius 3 is 2.72 bits per heavy atom. The summed E-state index contributed by atoms with van der Waals surface area (Å²) >= 11 is 1.64. The molecule has 1 aromatic carbocycles. The molecule has 3 heterocycles. The zero-order valence-corrected chi connectivity index (χ0v) is 14.9. The van der Waals surface area contributed by atoms with Crippen molar-refractivity contribution in [2.75, 3.05) is 0 Å². The van der Waals surface area contributed by atoms with E-state index in [1.807, 2.05) is 37.4 Å². The van der Waals surface area contributed by atoms with Crippen LogP contribution in [0.2, 0.25) is 0 Å². The van der Waals surface area contributed by atoms with E-state index < -0.39 is 0 Å². The molecule has 5 nitrogen and oxygen atoms in total. The highest BCUT2D eigenvalue weighted by molar-refractivity contribution is 7.08. The van der Waals surface area contributed by atoms with Crippen molar-refractivity contribution in [1.82, 2.24) is 15.0 Å². The first-order valence-corrected chi connectivity index (χ1v) is 9.21. The number of hydrazone groups is 1. The fraction of sp³-hybridized carbons (Fsp3) is 0.263. The van der Waals surface area contributed by atoms with Crippen LogP contribution in [-0.4, -0.2) is 26.6 Å². The second-order valence-corrected chi connectivity index (χ2v) is 7.20. The van der Waals surface area contributed by atoms with E-state index in [-0.39, 0.29) is 17.9 Å². The highest BCUT2D eigenvalue weighted by Crippen LogP contribution is 2.35. The summed E-state index contributed by atoms with van der Waals surface area (Å²) in [6.07, 6.45) is 4.08. The van der Waals surface area contributed by atoms with E-state index in [4.69, 9.17) is 0 Å². The predicted octanol–water partition coefficient (Wildman–Crippen LogP) is 4.03. The van der Waals surface area contributed by atoms with Gasteiger partial charge in [0, 0.05) is 30.3 Å². The molecule has 0 saturated carbocycles. The molecule has 0 spiro atoms. The first-order chi connectivity index (χ1) is 12.1. The van der Waals surface area contributed by atoms with Gasteiger partial charge in [0.2, 0.25) is 5.91 Å².